The number of benzene rings is 2. The van der Waals surface area contributed by atoms with Crippen LogP contribution in [0.4, 0.5) is 5.69 Å². The van der Waals surface area contributed by atoms with E-state index >= 15 is 0 Å². The Balaban J connectivity index is 1.26. The number of aliphatic imine (C=N–C) groups is 1. The number of aryl methyl sites for hydroxylation is 1. The average Bonchev–Trinajstić information content (AvgIpc) is 3.77. The van der Waals surface area contributed by atoms with Gasteiger partial charge in [0.15, 0.2) is 34.7 Å². The van der Waals surface area contributed by atoms with Crippen LogP contribution in [-0.4, -0.2) is 68.0 Å². The van der Waals surface area contributed by atoms with Gasteiger partial charge in [0.1, 0.15) is 5.60 Å². The van der Waals surface area contributed by atoms with E-state index in [-0.39, 0.29) is 23.2 Å². The molecule has 2 atom stereocenters. The molecule has 0 bridgehead atoms. The Bertz CT molecular complexity index is 1510. The number of carbonyl (C=O) groups is 1. The number of methoxy groups -OCH3 is 1. The third-order valence-corrected chi connectivity index (χ3v) is 11.3. The molecule has 10 heteroatoms. The van der Waals surface area contributed by atoms with Crippen LogP contribution in [0.2, 0.25) is 0 Å². The molecule has 2 aromatic rings. The molecule has 0 amide bonds. The summed E-state index contributed by atoms with van der Waals surface area (Å²) in [5, 5.41) is 27.8. The van der Waals surface area contributed by atoms with Crippen LogP contribution < -0.4 is 25.8 Å². The Morgan fingerprint density at radius 1 is 1.02 bits per heavy atom. The summed E-state index contributed by atoms with van der Waals surface area (Å²) in [5.41, 5.74) is 7.51. The van der Waals surface area contributed by atoms with E-state index in [1.807, 2.05) is 37.4 Å². The lowest BCUT2D eigenvalue weighted by molar-refractivity contribution is -0.123. The molecule has 3 fully saturated rings. The number of allylic oxidation sites excluding steroid dienone is 2. The lowest BCUT2D eigenvalue weighted by Gasteiger charge is -2.32. The number of ketones is 1. The molecule has 51 heavy (non-hydrogen) atoms. The van der Waals surface area contributed by atoms with Gasteiger partial charge in [-0.2, -0.15) is 0 Å². The minimum absolute atomic E-state index is 0.00432. The highest BCUT2D eigenvalue weighted by molar-refractivity contribution is 5.95. The molecule has 2 aromatic carbocycles. The number of ether oxygens (including phenoxy) is 3. The molecule has 280 valence electrons. The number of carbonyl (C=O) groups excluding carboxylic acids is 1. The third kappa shape index (κ3) is 10.2. The summed E-state index contributed by atoms with van der Waals surface area (Å²) in [7, 11) is 5.07. The Kier molecular flexibility index (Phi) is 13.7. The first-order valence-corrected chi connectivity index (χ1v) is 19.1. The lowest BCUT2D eigenvalue weighted by atomic mass is 9.76. The van der Waals surface area contributed by atoms with Gasteiger partial charge in [-0.1, -0.05) is 44.2 Å². The standard InChI is InChI=1S/C41H60N4O6/c1-43-28-41(21-17-29(27-41)18-22-50-32-12-5-4-6-13-32)51-36-24-30(23-33(38(36)48)45-39(42)44-2)11-7-8-14-37(47)40(19-9-10-20-40)26-31-15-16-34(46)35(25-31)49-3/h8,14-16,23-25,29,32,43,46,48H,4-7,9-13,17-22,26-28H2,1-3H3,(H3,42,44,45)/t29-,41+/m0/s1. The Hall–Kier alpha value is -3.76. The highest BCUT2D eigenvalue weighted by Gasteiger charge is 2.42. The number of likely N-dealkylation sites (N-methyl/N-ethyl adjacent to an activating group) is 1. The van der Waals surface area contributed by atoms with Crippen LogP contribution in [0, 0.1) is 11.3 Å². The van der Waals surface area contributed by atoms with Crippen molar-refractivity contribution in [2.75, 3.05) is 39.7 Å². The Labute approximate surface area is 304 Å². The van der Waals surface area contributed by atoms with Gasteiger partial charge in [-0.3, -0.25) is 9.79 Å². The number of hydrogen-bond acceptors (Lipinski definition) is 8. The van der Waals surface area contributed by atoms with Crippen molar-refractivity contribution >= 4 is 17.4 Å². The number of phenols is 2. The fourth-order valence-corrected chi connectivity index (χ4v) is 8.50. The number of phenolic OH excluding ortho intramolecular Hbond substituents is 2. The quantitative estimate of drug-likeness (QED) is 0.0499. The largest absolute Gasteiger partial charge is 0.504 e. The predicted octanol–water partition coefficient (Wildman–Crippen LogP) is 7.20. The fraction of sp³-hybridized carbons (Fsp3) is 0.610. The molecule has 0 saturated heterocycles. The Morgan fingerprint density at radius 2 is 1.78 bits per heavy atom. The van der Waals surface area contributed by atoms with E-state index in [1.54, 1.807) is 19.2 Å². The summed E-state index contributed by atoms with van der Waals surface area (Å²) in [6.07, 6.45) is 19.8. The van der Waals surface area contributed by atoms with Crippen LogP contribution in [0.15, 0.2) is 47.5 Å². The normalized spacial score (nSPS) is 22.4. The number of rotatable bonds is 17. The van der Waals surface area contributed by atoms with E-state index in [4.69, 9.17) is 19.9 Å². The van der Waals surface area contributed by atoms with Crippen LogP contribution in [0.1, 0.15) is 101 Å². The third-order valence-electron chi connectivity index (χ3n) is 11.3. The molecule has 0 spiro atoms. The van der Waals surface area contributed by atoms with Crippen molar-refractivity contribution in [2.24, 2.45) is 22.1 Å². The molecule has 0 heterocycles. The van der Waals surface area contributed by atoms with Gasteiger partial charge in [-0.15, -0.1) is 0 Å². The first-order valence-electron chi connectivity index (χ1n) is 19.1. The van der Waals surface area contributed by atoms with Crippen molar-refractivity contribution in [3.63, 3.8) is 0 Å². The second-order valence-electron chi connectivity index (χ2n) is 15.0. The topological polar surface area (TPSA) is 148 Å². The molecule has 0 radical (unpaired) electrons. The van der Waals surface area contributed by atoms with Gasteiger partial charge in [-0.25, -0.2) is 0 Å². The zero-order chi connectivity index (χ0) is 36.3. The van der Waals surface area contributed by atoms with E-state index < -0.39 is 11.0 Å². The maximum absolute atomic E-state index is 13.7. The monoisotopic (exact) mass is 704 g/mol. The minimum atomic E-state index is -0.453. The van der Waals surface area contributed by atoms with Crippen LogP contribution in [0.25, 0.3) is 0 Å². The molecule has 6 N–H and O–H groups in total. The van der Waals surface area contributed by atoms with Crippen LogP contribution >= 0.6 is 0 Å². The van der Waals surface area contributed by atoms with Gasteiger partial charge in [0.25, 0.3) is 0 Å². The Morgan fingerprint density at radius 3 is 2.51 bits per heavy atom. The van der Waals surface area contributed by atoms with Gasteiger partial charge in [0.2, 0.25) is 0 Å². The summed E-state index contributed by atoms with van der Waals surface area (Å²) in [6.45, 7) is 1.46. The van der Waals surface area contributed by atoms with E-state index in [0.717, 1.165) is 69.1 Å². The summed E-state index contributed by atoms with van der Waals surface area (Å²) in [6, 6.07) is 9.13. The summed E-state index contributed by atoms with van der Waals surface area (Å²) in [5.74, 6) is 1.77. The molecule has 3 saturated carbocycles. The maximum atomic E-state index is 13.7. The summed E-state index contributed by atoms with van der Waals surface area (Å²) >= 11 is 0. The molecule has 5 rings (SSSR count). The summed E-state index contributed by atoms with van der Waals surface area (Å²) in [4.78, 5) is 17.7. The molecular weight excluding hydrogens is 644 g/mol. The second-order valence-corrected chi connectivity index (χ2v) is 15.0. The van der Waals surface area contributed by atoms with E-state index in [0.29, 0.717) is 55.0 Å². The molecule has 10 nitrogen and oxygen atoms in total. The highest BCUT2D eigenvalue weighted by Crippen LogP contribution is 2.45. The van der Waals surface area contributed by atoms with Crippen molar-refractivity contribution in [3.8, 4) is 23.0 Å². The smallest absolute Gasteiger partial charge is 0.192 e. The van der Waals surface area contributed by atoms with E-state index in [1.165, 1.54) is 39.2 Å². The first kappa shape index (κ1) is 38.5. The minimum Gasteiger partial charge on any atom is -0.504 e. The molecule has 3 aliphatic carbocycles. The van der Waals surface area contributed by atoms with Gasteiger partial charge in [0, 0.05) is 25.6 Å². The van der Waals surface area contributed by atoms with Crippen molar-refractivity contribution in [1.29, 1.82) is 0 Å². The van der Waals surface area contributed by atoms with E-state index in [9.17, 15) is 15.0 Å². The number of anilines is 1. The van der Waals surface area contributed by atoms with E-state index in [2.05, 4.69) is 15.6 Å². The predicted molar refractivity (Wildman–Crippen MR) is 203 cm³/mol. The van der Waals surface area contributed by atoms with Crippen LogP contribution in [-0.2, 0) is 22.4 Å². The first-order chi connectivity index (χ1) is 24.7. The molecule has 0 aliphatic heterocycles. The molecular formula is C41H60N4O6. The number of hydrogen-bond donors (Lipinski definition) is 5. The number of nitrogens with one attached hydrogen (secondary N) is 2. The molecule has 3 aliphatic rings. The number of aromatic hydroxyl groups is 2. The fourth-order valence-electron chi connectivity index (χ4n) is 8.50. The van der Waals surface area contributed by atoms with Crippen molar-refractivity contribution in [1.82, 2.24) is 5.32 Å². The van der Waals surface area contributed by atoms with Gasteiger partial charge < -0.3 is 40.8 Å². The average molecular weight is 705 g/mol. The number of guanidine groups is 1. The second kappa shape index (κ2) is 18.1. The molecule has 0 aromatic heterocycles. The summed E-state index contributed by atoms with van der Waals surface area (Å²) < 4.78 is 18.4. The zero-order valence-electron chi connectivity index (χ0n) is 31.0. The maximum Gasteiger partial charge on any atom is 0.192 e. The van der Waals surface area contributed by atoms with Crippen molar-refractivity contribution < 1.29 is 29.2 Å². The zero-order valence-corrected chi connectivity index (χ0v) is 31.0. The van der Waals surface area contributed by atoms with Crippen molar-refractivity contribution in [3.05, 3.63) is 53.6 Å². The number of nitrogens with zero attached hydrogens (tertiary/aromatic N) is 1. The SMILES string of the molecule is CN=C(N)Nc1cc(CCC=CC(=O)C2(Cc3ccc(O)c(OC)c3)CCCC2)cc(O[C@]2(CNC)CC[C@@H](CCOC3CCCCC3)C2)c1O. The van der Waals surface area contributed by atoms with Crippen LogP contribution in [0.3, 0.4) is 0 Å². The van der Waals surface area contributed by atoms with Gasteiger partial charge in [-0.05, 0) is 125 Å². The highest BCUT2D eigenvalue weighted by atomic mass is 16.5. The van der Waals surface area contributed by atoms with Crippen LogP contribution in [0.5, 0.6) is 23.0 Å². The number of nitrogens with two attached hydrogens (primary N) is 1. The van der Waals surface area contributed by atoms with Gasteiger partial charge in [0.05, 0.1) is 18.9 Å². The van der Waals surface area contributed by atoms with Crippen molar-refractivity contribution in [2.45, 2.75) is 114 Å². The van der Waals surface area contributed by atoms with Gasteiger partial charge >= 0.3 is 0 Å². The lowest BCUT2D eigenvalue weighted by Crippen LogP contribution is -2.42. The molecule has 0 unspecified atom stereocenters.